The van der Waals surface area contributed by atoms with E-state index in [1.54, 1.807) is 0 Å². The van der Waals surface area contributed by atoms with Crippen molar-refractivity contribution in [3.05, 3.63) is 36.4 Å². The standard InChI is InChI=1S/C26H23F17O4S2/c1-2-3-12-46-17-10-11-18(16-9-5-4-8-15(16)17)48(13-6-7-14-48)47-49(44,45)26(42,43)24(37,38)22(33,34)20(29,30)19(27,28)21(31,32)23(35,36)25(39,40)41/h4-5,8-11H,2-3,6-7,12-14H2,1H3. The van der Waals surface area contributed by atoms with Gasteiger partial charge in [0.1, 0.15) is 5.75 Å². The van der Waals surface area contributed by atoms with Crippen LogP contribution in [-0.2, 0) is 13.7 Å². The number of ether oxygens (including phenoxy) is 1. The van der Waals surface area contributed by atoms with Crippen LogP contribution in [0, 0.1) is 0 Å². The molecule has 1 fully saturated rings. The number of rotatable bonds is 14. The van der Waals surface area contributed by atoms with E-state index in [0.29, 0.717) is 12.8 Å². The van der Waals surface area contributed by atoms with E-state index in [1.807, 2.05) is 6.92 Å². The maximum atomic E-state index is 15.0. The molecule has 0 bridgehead atoms. The number of hydrogen-bond donors (Lipinski definition) is 0. The maximum Gasteiger partial charge on any atom is 0.460 e. The molecule has 0 aliphatic carbocycles. The molecule has 1 aliphatic heterocycles. The summed E-state index contributed by atoms with van der Waals surface area (Å²) in [6.07, 6.45) is -6.85. The highest BCUT2D eigenvalue weighted by Crippen LogP contribution is 2.68. The van der Waals surface area contributed by atoms with Gasteiger partial charge in [-0.1, -0.05) is 47.9 Å². The molecule has 49 heavy (non-hydrogen) atoms. The first-order valence-electron chi connectivity index (χ1n) is 13.6. The number of fused-ring (bicyclic) bond motifs is 1. The molecule has 0 unspecified atom stereocenters. The second-order valence-corrected chi connectivity index (χ2v) is 15.6. The van der Waals surface area contributed by atoms with Crippen LogP contribution in [0.5, 0.6) is 5.75 Å². The molecule has 0 spiro atoms. The van der Waals surface area contributed by atoms with E-state index in [4.69, 9.17) is 4.74 Å². The molecule has 0 atom stereocenters. The first kappa shape index (κ1) is 41.0. The first-order valence-corrected chi connectivity index (χ1v) is 16.9. The molecule has 0 radical (unpaired) electrons. The van der Waals surface area contributed by atoms with Gasteiger partial charge in [0.05, 0.1) is 6.61 Å². The summed E-state index contributed by atoms with van der Waals surface area (Å²) in [6.45, 7) is 1.97. The van der Waals surface area contributed by atoms with Crippen LogP contribution in [0.25, 0.3) is 10.8 Å². The Morgan fingerprint density at radius 1 is 0.633 bits per heavy atom. The smallest absolute Gasteiger partial charge is 0.460 e. The molecule has 2 aromatic carbocycles. The van der Waals surface area contributed by atoms with Gasteiger partial charge >= 0.3 is 57.1 Å². The lowest BCUT2D eigenvalue weighted by Gasteiger charge is -2.43. The number of unbranched alkanes of at least 4 members (excludes halogenated alkanes) is 1. The van der Waals surface area contributed by atoms with Gasteiger partial charge in [-0.2, -0.15) is 83.1 Å². The molecule has 1 saturated heterocycles. The minimum absolute atomic E-state index is 0.00278. The SMILES string of the molecule is CCCCOc1ccc(S2(OS(=O)(=O)C(F)(F)C(F)(F)C(F)(F)C(F)(F)C(F)(F)C(F)(F)C(F)(F)C(F)(F)F)CCCC2)c2ccccc12. The quantitative estimate of drug-likeness (QED) is 0.141. The molecule has 23 heteroatoms. The van der Waals surface area contributed by atoms with E-state index >= 15 is 0 Å². The summed E-state index contributed by atoms with van der Waals surface area (Å²) >= 11 is 0. The molecule has 2 aromatic rings. The molecule has 4 nitrogen and oxygen atoms in total. The molecule has 1 aliphatic rings. The maximum absolute atomic E-state index is 15.0. The highest BCUT2D eigenvalue weighted by atomic mass is 32.3. The van der Waals surface area contributed by atoms with Crippen LogP contribution in [0.15, 0.2) is 41.3 Å². The fourth-order valence-electron chi connectivity index (χ4n) is 4.64. The van der Waals surface area contributed by atoms with Gasteiger partial charge in [0.25, 0.3) is 0 Å². The number of alkyl halides is 17. The van der Waals surface area contributed by atoms with Crippen molar-refractivity contribution in [1.82, 2.24) is 0 Å². The van der Waals surface area contributed by atoms with Crippen molar-refractivity contribution < 1.29 is 91.4 Å². The van der Waals surface area contributed by atoms with E-state index in [1.165, 1.54) is 30.3 Å². The summed E-state index contributed by atoms with van der Waals surface area (Å²) in [4.78, 5) is -0.288. The van der Waals surface area contributed by atoms with Gasteiger partial charge < -0.3 is 4.74 Å². The van der Waals surface area contributed by atoms with Crippen LogP contribution >= 0.6 is 10.3 Å². The third kappa shape index (κ3) is 6.05. The number of benzene rings is 2. The van der Waals surface area contributed by atoms with Crippen molar-refractivity contribution in [1.29, 1.82) is 0 Å². The molecule has 0 saturated carbocycles. The van der Waals surface area contributed by atoms with E-state index in [2.05, 4.69) is 3.63 Å². The lowest BCUT2D eigenvalue weighted by Crippen LogP contribution is -2.75. The van der Waals surface area contributed by atoms with E-state index in [-0.39, 0.29) is 40.9 Å². The van der Waals surface area contributed by atoms with E-state index in [9.17, 15) is 83.1 Å². The predicted molar refractivity (Wildman–Crippen MR) is 140 cm³/mol. The number of hydrogen-bond acceptors (Lipinski definition) is 4. The minimum atomic E-state index is -8.91. The predicted octanol–water partition coefficient (Wildman–Crippen LogP) is 10.2. The Kier molecular flexibility index (Phi) is 10.6. The summed E-state index contributed by atoms with van der Waals surface area (Å²) in [5.41, 5.74) is 0. The van der Waals surface area contributed by atoms with Gasteiger partial charge in [-0.25, -0.2) is 3.63 Å². The van der Waals surface area contributed by atoms with E-state index < -0.39 is 78.9 Å². The molecule has 282 valence electrons. The molecular weight excluding hydrogens is 763 g/mol. The summed E-state index contributed by atoms with van der Waals surface area (Å²) < 4.78 is 270. The highest BCUT2D eigenvalue weighted by molar-refractivity contribution is 8.33. The van der Waals surface area contributed by atoms with Gasteiger partial charge in [-0.05, 0) is 36.8 Å². The van der Waals surface area contributed by atoms with Crippen molar-refractivity contribution >= 4 is 31.2 Å². The van der Waals surface area contributed by atoms with Crippen molar-refractivity contribution in [2.24, 2.45) is 0 Å². The molecule has 0 N–H and O–H groups in total. The van der Waals surface area contributed by atoms with Crippen LogP contribution in [-0.4, -0.2) is 73.5 Å². The Hall–Kier alpha value is -2.43. The van der Waals surface area contributed by atoms with Crippen LogP contribution < -0.4 is 4.74 Å². The fourth-order valence-corrected chi connectivity index (χ4v) is 10.5. The molecule has 3 rings (SSSR count). The summed E-state index contributed by atoms with van der Waals surface area (Å²) in [5.74, 6) is -53.0. The summed E-state index contributed by atoms with van der Waals surface area (Å²) in [6, 6.07) is 7.68. The van der Waals surface area contributed by atoms with Crippen LogP contribution in [0.3, 0.4) is 0 Å². The Morgan fingerprint density at radius 3 is 1.55 bits per heavy atom. The monoisotopic (exact) mass is 786 g/mol. The lowest BCUT2D eigenvalue weighted by molar-refractivity contribution is -0.458. The van der Waals surface area contributed by atoms with Crippen molar-refractivity contribution in [2.75, 3.05) is 18.1 Å². The average molecular weight is 787 g/mol. The second kappa shape index (κ2) is 12.7. The van der Waals surface area contributed by atoms with E-state index in [0.717, 1.165) is 6.07 Å². The zero-order chi connectivity index (χ0) is 37.9. The molecular formula is C26H23F17O4S2. The Bertz CT molecular complexity index is 1620. The van der Waals surface area contributed by atoms with Crippen molar-refractivity contribution in [3.8, 4) is 5.75 Å². The van der Waals surface area contributed by atoms with Crippen molar-refractivity contribution in [2.45, 2.75) is 84.5 Å². The third-order valence-electron chi connectivity index (χ3n) is 7.43. The third-order valence-corrected chi connectivity index (χ3v) is 13.1. The first-order chi connectivity index (χ1) is 22.0. The largest absolute Gasteiger partial charge is 0.493 e. The second-order valence-electron chi connectivity index (χ2n) is 10.7. The zero-order valence-corrected chi connectivity index (χ0v) is 25.9. The average Bonchev–Trinajstić information content (AvgIpc) is 3.44. The lowest BCUT2D eigenvalue weighted by atomic mass is 9.91. The minimum Gasteiger partial charge on any atom is -0.493 e. The fraction of sp³-hybridized carbons (Fsp3) is 0.615. The van der Waals surface area contributed by atoms with Crippen LogP contribution in [0.2, 0.25) is 0 Å². The zero-order valence-electron chi connectivity index (χ0n) is 24.3. The molecule has 0 aromatic heterocycles. The van der Waals surface area contributed by atoms with Gasteiger partial charge in [-0.15, -0.1) is 0 Å². The molecule has 0 amide bonds. The van der Waals surface area contributed by atoms with Gasteiger partial charge in [-0.3, -0.25) is 0 Å². The topological polar surface area (TPSA) is 52.6 Å². The Balaban J connectivity index is 2.13. The Morgan fingerprint density at radius 2 is 1.08 bits per heavy atom. The van der Waals surface area contributed by atoms with Gasteiger partial charge in [0.2, 0.25) is 0 Å². The van der Waals surface area contributed by atoms with Crippen LogP contribution in [0.1, 0.15) is 32.6 Å². The summed E-state index contributed by atoms with van der Waals surface area (Å²) in [5, 5.41) is -7.56. The summed E-state index contributed by atoms with van der Waals surface area (Å²) in [7, 11) is -11.6. The number of halogens is 17. The van der Waals surface area contributed by atoms with Gasteiger partial charge in [0, 0.05) is 21.8 Å². The van der Waals surface area contributed by atoms with Gasteiger partial charge in [0.15, 0.2) is 0 Å². The molecule has 1 heterocycles. The van der Waals surface area contributed by atoms with Crippen molar-refractivity contribution in [3.63, 3.8) is 0 Å². The normalized spacial score (nSPS) is 18.2. The highest BCUT2D eigenvalue weighted by Gasteiger charge is 2.96. The van der Waals surface area contributed by atoms with Crippen LogP contribution in [0.4, 0.5) is 74.6 Å². The Labute approximate surface area is 267 Å².